The number of benzene rings is 2. The number of carbonyl (C=O) groups is 2. The SMILES string of the molecule is CCOc1cccc(C2/C(=C(\O)c3cc(F)ccc3OC)C(=O)C(=O)N2CCCN(C)C)c1. The van der Waals surface area contributed by atoms with Gasteiger partial charge in [0.1, 0.15) is 23.1 Å². The van der Waals surface area contributed by atoms with E-state index in [1.807, 2.05) is 25.9 Å². The molecule has 7 nitrogen and oxygen atoms in total. The van der Waals surface area contributed by atoms with Crippen molar-refractivity contribution in [3.05, 3.63) is 65.0 Å². The molecule has 0 saturated carbocycles. The molecule has 176 valence electrons. The van der Waals surface area contributed by atoms with Crippen molar-refractivity contribution in [1.82, 2.24) is 9.80 Å². The topological polar surface area (TPSA) is 79.3 Å². The summed E-state index contributed by atoms with van der Waals surface area (Å²) in [5.74, 6) is -1.85. The molecule has 3 rings (SSSR count). The first-order valence-corrected chi connectivity index (χ1v) is 10.8. The Hall–Kier alpha value is -3.39. The van der Waals surface area contributed by atoms with Crippen LogP contribution in [-0.4, -0.2) is 67.5 Å². The van der Waals surface area contributed by atoms with Crippen molar-refractivity contribution in [2.75, 3.05) is 40.9 Å². The number of hydrogen-bond donors (Lipinski definition) is 1. The van der Waals surface area contributed by atoms with Gasteiger partial charge in [-0.25, -0.2) is 4.39 Å². The van der Waals surface area contributed by atoms with E-state index >= 15 is 0 Å². The zero-order valence-corrected chi connectivity index (χ0v) is 19.3. The number of Topliss-reactive ketones (excluding diaryl/α,β-unsaturated/α-hetero) is 1. The maximum absolute atomic E-state index is 14.0. The van der Waals surface area contributed by atoms with Crippen molar-refractivity contribution in [2.45, 2.75) is 19.4 Å². The van der Waals surface area contributed by atoms with Gasteiger partial charge in [0.15, 0.2) is 0 Å². The molecule has 0 aliphatic carbocycles. The molecule has 33 heavy (non-hydrogen) atoms. The van der Waals surface area contributed by atoms with Gasteiger partial charge in [0, 0.05) is 6.54 Å². The molecule has 1 atom stereocenters. The Morgan fingerprint density at radius 2 is 1.94 bits per heavy atom. The van der Waals surface area contributed by atoms with E-state index < -0.39 is 29.3 Å². The highest BCUT2D eigenvalue weighted by atomic mass is 19.1. The van der Waals surface area contributed by atoms with Crippen LogP contribution in [0.25, 0.3) is 5.76 Å². The fraction of sp³-hybridized carbons (Fsp3) is 0.360. The molecule has 0 aromatic heterocycles. The van der Waals surface area contributed by atoms with Crippen LogP contribution in [0.4, 0.5) is 4.39 Å². The lowest BCUT2D eigenvalue weighted by Crippen LogP contribution is -2.32. The fourth-order valence-electron chi connectivity index (χ4n) is 3.97. The van der Waals surface area contributed by atoms with Crippen LogP contribution in [0.3, 0.4) is 0 Å². The van der Waals surface area contributed by atoms with Gasteiger partial charge in [0.25, 0.3) is 11.7 Å². The second-order valence-electron chi connectivity index (χ2n) is 8.00. The summed E-state index contributed by atoms with van der Waals surface area (Å²) in [4.78, 5) is 29.6. The van der Waals surface area contributed by atoms with Crippen LogP contribution in [0.2, 0.25) is 0 Å². The Morgan fingerprint density at radius 1 is 1.18 bits per heavy atom. The first-order chi connectivity index (χ1) is 15.8. The maximum Gasteiger partial charge on any atom is 0.295 e. The molecule has 8 heteroatoms. The molecule has 1 aliphatic rings. The number of ether oxygens (including phenoxy) is 2. The van der Waals surface area contributed by atoms with Crippen molar-refractivity contribution < 1.29 is 28.6 Å². The minimum Gasteiger partial charge on any atom is -0.507 e. The van der Waals surface area contributed by atoms with Gasteiger partial charge in [-0.3, -0.25) is 9.59 Å². The summed E-state index contributed by atoms with van der Waals surface area (Å²) in [7, 11) is 5.23. The van der Waals surface area contributed by atoms with E-state index in [2.05, 4.69) is 0 Å². The number of aliphatic hydroxyl groups is 1. The van der Waals surface area contributed by atoms with Gasteiger partial charge >= 0.3 is 0 Å². The molecule has 1 N–H and O–H groups in total. The van der Waals surface area contributed by atoms with E-state index in [1.54, 1.807) is 24.3 Å². The first-order valence-electron chi connectivity index (χ1n) is 10.8. The van der Waals surface area contributed by atoms with Crippen LogP contribution in [-0.2, 0) is 9.59 Å². The van der Waals surface area contributed by atoms with Crippen molar-refractivity contribution in [3.63, 3.8) is 0 Å². The molecule has 0 bridgehead atoms. The normalized spacial score (nSPS) is 17.6. The minimum atomic E-state index is -0.847. The Kier molecular flexibility index (Phi) is 7.71. The third kappa shape index (κ3) is 5.17. The van der Waals surface area contributed by atoms with Gasteiger partial charge in [0.05, 0.1) is 30.9 Å². The molecule has 1 aliphatic heterocycles. The molecule has 0 spiro atoms. The third-order valence-corrected chi connectivity index (χ3v) is 5.45. The minimum absolute atomic E-state index is 0.00903. The van der Waals surface area contributed by atoms with Crippen LogP contribution >= 0.6 is 0 Å². The van der Waals surface area contributed by atoms with Crippen LogP contribution < -0.4 is 9.47 Å². The number of nitrogens with zero attached hydrogens (tertiary/aromatic N) is 2. The highest BCUT2D eigenvalue weighted by Gasteiger charge is 2.46. The van der Waals surface area contributed by atoms with E-state index in [4.69, 9.17) is 9.47 Å². The number of amides is 1. The van der Waals surface area contributed by atoms with Crippen molar-refractivity contribution >= 4 is 17.4 Å². The molecule has 2 aromatic rings. The molecular formula is C25H29FN2O5. The standard InChI is InChI=1S/C25H29FN2O5/c1-5-33-18-9-6-8-16(14-18)22-21(23(29)19-15-17(26)10-11-20(19)32-4)24(30)25(31)28(22)13-7-12-27(2)3/h6,8-11,14-15,22,29H,5,7,12-13H2,1-4H3/b23-21+. The monoisotopic (exact) mass is 456 g/mol. The van der Waals surface area contributed by atoms with Gasteiger partial charge in [-0.2, -0.15) is 0 Å². The molecule has 2 aromatic carbocycles. The van der Waals surface area contributed by atoms with Gasteiger partial charge in [0.2, 0.25) is 0 Å². The first kappa shape index (κ1) is 24.3. The van der Waals surface area contributed by atoms with Gasteiger partial charge in [-0.1, -0.05) is 12.1 Å². The summed E-state index contributed by atoms with van der Waals surface area (Å²) in [5, 5.41) is 11.2. The summed E-state index contributed by atoms with van der Waals surface area (Å²) in [5.41, 5.74) is 0.513. The average Bonchev–Trinajstić information content (AvgIpc) is 3.04. The third-order valence-electron chi connectivity index (χ3n) is 5.45. The van der Waals surface area contributed by atoms with E-state index in [-0.39, 0.29) is 16.9 Å². The zero-order chi connectivity index (χ0) is 24.1. The highest BCUT2D eigenvalue weighted by molar-refractivity contribution is 6.46. The van der Waals surface area contributed by atoms with E-state index in [0.717, 1.165) is 6.07 Å². The van der Waals surface area contributed by atoms with Crippen LogP contribution in [0, 0.1) is 5.82 Å². The lowest BCUT2D eigenvalue weighted by atomic mass is 9.94. The van der Waals surface area contributed by atoms with Gasteiger partial charge < -0.3 is 24.4 Å². The molecule has 1 amide bonds. The molecular weight excluding hydrogens is 427 g/mol. The summed E-state index contributed by atoms with van der Waals surface area (Å²) >= 11 is 0. The lowest BCUT2D eigenvalue weighted by Gasteiger charge is -2.26. The van der Waals surface area contributed by atoms with E-state index in [1.165, 1.54) is 24.1 Å². The Labute approximate surface area is 193 Å². The molecule has 0 radical (unpaired) electrons. The van der Waals surface area contributed by atoms with Crippen molar-refractivity contribution in [1.29, 1.82) is 0 Å². The number of aliphatic hydroxyl groups excluding tert-OH is 1. The van der Waals surface area contributed by atoms with Crippen molar-refractivity contribution in [2.24, 2.45) is 0 Å². The molecule has 1 heterocycles. The van der Waals surface area contributed by atoms with Gasteiger partial charge in [-0.05, 0) is 69.9 Å². The molecule has 1 saturated heterocycles. The predicted octanol–water partition coefficient (Wildman–Crippen LogP) is 3.61. The highest BCUT2D eigenvalue weighted by Crippen LogP contribution is 2.41. The second-order valence-corrected chi connectivity index (χ2v) is 8.00. The number of hydrogen-bond acceptors (Lipinski definition) is 6. The zero-order valence-electron chi connectivity index (χ0n) is 19.3. The van der Waals surface area contributed by atoms with E-state index in [9.17, 15) is 19.1 Å². The quantitative estimate of drug-likeness (QED) is 0.353. The summed E-state index contributed by atoms with van der Waals surface area (Å²) in [6, 6.07) is 9.86. The lowest BCUT2D eigenvalue weighted by molar-refractivity contribution is -0.139. The summed E-state index contributed by atoms with van der Waals surface area (Å²) in [6.45, 7) is 3.33. The number of carbonyl (C=O) groups excluding carboxylic acids is 2. The number of likely N-dealkylation sites (tertiary alicyclic amines) is 1. The largest absolute Gasteiger partial charge is 0.507 e. The smallest absolute Gasteiger partial charge is 0.295 e. The Bertz CT molecular complexity index is 1070. The van der Waals surface area contributed by atoms with Crippen LogP contribution in [0.5, 0.6) is 11.5 Å². The average molecular weight is 457 g/mol. The summed E-state index contributed by atoms with van der Waals surface area (Å²) < 4.78 is 24.9. The second kappa shape index (κ2) is 10.5. The number of methoxy groups -OCH3 is 1. The molecule has 1 unspecified atom stereocenters. The van der Waals surface area contributed by atoms with Crippen LogP contribution in [0.15, 0.2) is 48.0 Å². The molecule has 1 fully saturated rings. The Balaban J connectivity index is 2.17. The van der Waals surface area contributed by atoms with Crippen molar-refractivity contribution in [3.8, 4) is 11.5 Å². The van der Waals surface area contributed by atoms with E-state index in [0.29, 0.717) is 37.4 Å². The number of halogens is 1. The number of rotatable bonds is 9. The number of ketones is 1. The fourth-order valence-corrected chi connectivity index (χ4v) is 3.97. The summed E-state index contributed by atoms with van der Waals surface area (Å²) in [6.07, 6.45) is 0.630. The predicted molar refractivity (Wildman–Crippen MR) is 123 cm³/mol. The Morgan fingerprint density at radius 3 is 2.61 bits per heavy atom. The van der Waals surface area contributed by atoms with Crippen LogP contribution in [0.1, 0.15) is 30.5 Å². The van der Waals surface area contributed by atoms with Gasteiger partial charge in [-0.15, -0.1) is 0 Å². The maximum atomic E-state index is 14.0.